The molecule has 2 aromatic carbocycles. The van der Waals surface area contributed by atoms with Crippen LogP contribution in [0.1, 0.15) is 5.56 Å². The first-order valence-electron chi connectivity index (χ1n) is 12.3. The second kappa shape index (κ2) is 11.6. The van der Waals surface area contributed by atoms with Crippen molar-refractivity contribution in [3.8, 4) is 17.6 Å². The van der Waals surface area contributed by atoms with Crippen LogP contribution in [0.25, 0.3) is 11.0 Å². The van der Waals surface area contributed by atoms with Crippen molar-refractivity contribution in [2.24, 2.45) is 0 Å². The van der Waals surface area contributed by atoms with Crippen LogP contribution < -0.4 is 24.8 Å². The van der Waals surface area contributed by atoms with Gasteiger partial charge in [-0.25, -0.2) is 9.97 Å². The zero-order valence-electron chi connectivity index (χ0n) is 22.0. The van der Waals surface area contributed by atoms with E-state index in [4.69, 9.17) is 14.0 Å². The lowest BCUT2D eigenvalue weighted by molar-refractivity contribution is 0.122. The molecule has 1 fully saturated rings. The molecule has 12 nitrogen and oxygen atoms in total. The van der Waals surface area contributed by atoms with Crippen molar-refractivity contribution >= 4 is 63.2 Å². The highest BCUT2D eigenvalue weighted by Crippen LogP contribution is 2.45. The van der Waals surface area contributed by atoms with E-state index in [2.05, 4.69) is 57.5 Å². The summed E-state index contributed by atoms with van der Waals surface area (Å²) in [5.41, 5.74) is 3.37. The van der Waals surface area contributed by atoms with Crippen LogP contribution >= 0.6 is 23.3 Å². The lowest BCUT2D eigenvalue weighted by Crippen LogP contribution is -2.36. The fourth-order valence-corrected chi connectivity index (χ4v) is 5.09. The van der Waals surface area contributed by atoms with Crippen LogP contribution in [-0.2, 0) is 9.30 Å². The van der Waals surface area contributed by atoms with Crippen molar-refractivity contribution in [1.29, 1.82) is 5.26 Å². The maximum Gasteiger partial charge on any atom is 0.242 e. The molecule has 0 unspecified atom stereocenters. The molecule has 0 saturated carbocycles. The Morgan fingerprint density at radius 3 is 2.60 bits per heavy atom. The van der Waals surface area contributed by atoms with Gasteiger partial charge in [-0.15, -0.1) is 0 Å². The molecule has 1 aliphatic heterocycles. The van der Waals surface area contributed by atoms with E-state index in [1.165, 1.54) is 13.3 Å². The number of fused-ring (bicyclic) bond motifs is 1. The predicted molar refractivity (Wildman–Crippen MR) is 157 cm³/mol. The Bertz CT molecular complexity index is 1650. The number of anilines is 5. The molecule has 0 spiro atoms. The monoisotopic (exact) mass is 624 g/mol. The fraction of sp³-hybridized carbons (Fsp3) is 0.269. The molecule has 0 amide bonds. The van der Waals surface area contributed by atoms with Gasteiger partial charge in [0.15, 0.2) is 5.75 Å². The van der Waals surface area contributed by atoms with E-state index in [1.54, 1.807) is 43.9 Å². The van der Waals surface area contributed by atoms with E-state index in [-0.39, 0.29) is 5.95 Å². The Kier molecular flexibility index (Phi) is 8.02. The third-order valence-electron chi connectivity index (χ3n) is 5.94. The average molecular weight is 625 g/mol. The van der Waals surface area contributed by atoms with E-state index in [9.17, 15) is 9.83 Å². The Labute approximate surface area is 239 Å². The van der Waals surface area contributed by atoms with Crippen LogP contribution in [0.4, 0.5) is 28.8 Å². The number of methoxy groups -OCH3 is 1. The minimum Gasteiger partial charge on any atom is -0.494 e. The molecule has 0 bridgehead atoms. The number of morpholine rings is 1. The number of nitriles is 1. The molecule has 0 radical (unpaired) electrons. The number of benzene rings is 2. The number of hydrogen-bond donors (Lipinski definition) is 2. The van der Waals surface area contributed by atoms with Crippen LogP contribution in [0.3, 0.4) is 0 Å². The van der Waals surface area contributed by atoms with E-state index in [0.29, 0.717) is 76.1 Å². The minimum atomic E-state index is -2.94. The van der Waals surface area contributed by atoms with E-state index in [0.717, 1.165) is 5.69 Å². The Morgan fingerprint density at radius 2 is 1.88 bits per heavy atom. The third-order valence-corrected chi connectivity index (χ3v) is 7.14. The molecular formula is C26H26BrN8O4P. The number of aromatic nitrogens is 4. The summed E-state index contributed by atoms with van der Waals surface area (Å²) in [5, 5.41) is 16.3. The Balaban J connectivity index is 1.48. The van der Waals surface area contributed by atoms with Crippen molar-refractivity contribution in [2.45, 2.75) is 0 Å². The molecule has 5 rings (SSSR count). The summed E-state index contributed by atoms with van der Waals surface area (Å²) >= 11 is 3.49. The summed E-state index contributed by atoms with van der Waals surface area (Å²) in [4.78, 5) is 19.8. The Hall–Kier alpha value is -3.98. The summed E-state index contributed by atoms with van der Waals surface area (Å²) in [6.07, 6.45) is 4.71. The molecule has 0 atom stereocenters. The van der Waals surface area contributed by atoms with Crippen molar-refractivity contribution < 1.29 is 18.6 Å². The van der Waals surface area contributed by atoms with Gasteiger partial charge in [0.2, 0.25) is 13.3 Å². The van der Waals surface area contributed by atoms with Gasteiger partial charge in [0.25, 0.3) is 0 Å². The van der Waals surface area contributed by atoms with Crippen LogP contribution in [0.2, 0.25) is 0 Å². The van der Waals surface area contributed by atoms with Gasteiger partial charge in [0.1, 0.15) is 23.2 Å². The van der Waals surface area contributed by atoms with Gasteiger partial charge in [0, 0.05) is 51.1 Å². The standard InChI is InChI=1S/C26H26BrN8O4P/c1-37-22-13-21(35-8-10-38-11-9-35)16(14-28)12-20(22)33-26-31-15-17(27)25(34-26)32-19-5-4-18-23(30-7-6-29-18)24(19)39-40(2,3)36/h4-7,12-13,15H,8-11H2,1-3H3,(H2,31,32,33,34). The Morgan fingerprint density at radius 1 is 1.10 bits per heavy atom. The predicted octanol–water partition coefficient (Wildman–Crippen LogP) is 5.30. The summed E-state index contributed by atoms with van der Waals surface area (Å²) in [5.74, 6) is 1.51. The molecular weight excluding hydrogens is 599 g/mol. The highest BCUT2D eigenvalue weighted by atomic mass is 79.9. The number of halogens is 1. The van der Waals surface area contributed by atoms with E-state index < -0.39 is 7.37 Å². The van der Waals surface area contributed by atoms with Gasteiger partial charge in [0.05, 0.1) is 52.9 Å². The second-order valence-corrected chi connectivity index (χ2v) is 12.7. The zero-order chi connectivity index (χ0) is 28.3. The number of ether oxygens (including phenoxy) is 2. The number of rotatable bonds is 8. The molecule has 1 aliphatic rings. The zero-order valence-corrected chi connectivity index (χ0v) is 24.5. The quantitative estimate of drug-likeness (QED) is 0.245. The molecule has 0 aliphatic carbocycles. The molecule has 2 N–H and O–H groups in total. The largest absolute Gasteiger partial charge is 0.494 e. The second-order valence-electron chi connectivity index (χ2n) is 9.13. The van der Waals surface area contributed by atoms with Crippen LogP contribution in [0, 0.1) is 11.3 Å². The SMILES string of the molecule is COc1cc(N2CCOCC2)c(C#N)cc1Nc1ncc(Br)c(Nc2ccc3nccnc3c2OP(C)(C)=O)n1. The number of hydrogen-bond acceptors (Lipinski definition) is 12. The summed E-state index contributed by atoms with van der Waals surface area (Å²) in [7, 11) is -1.37. The first-order chi connectivity index (χ1) is 19.3. The smallest absolute Gasteiger partial charge is 0.242 e. The van der Waals surface area contributed by atoms with Crippen LogP contribution in [0.5, 0.6) is 11.5 Å². The molecule has 40 heavy (non-hydrogen) atoms. The topological polar surface area (TPSA) is 147 Å². The molecule has 3 heterocycles. The van der Waals surface area contributed by atoms with Gasteiger partial charge in [-0.2, -0.15) is 10.2 Å². The summed E-state index contributed by atoms with van der Waals surface area (Å²) in [6, 6.07) is 9.37. The van der Waals surface area contributed by atoms with Gasteiger partial charge >= 0.3 is 0 Å². The first kappa shape index (κ1) is 27.6. The molecule has 1 saturated heterocycles. The highest BCUT2D eigenvalue weighted by molar-refractivity contribution is 9.10. The maximum absolute atomic E-state index is 12.6. The summed E-state index contributed by atoms with van der Waals surface area (Å²) < 4.78 is 30.1. The fourth-order valence-electron chi connectivity index (χ4n) is 4.18. The van der Waals surface area contributed by atoms with Crippen molar-refractivity contribution in [2.75, 3.05) is 62.3 Å². The maximum atomic E-state index is 12.6. The van der Waals surface area contributed by atoms with E-state index in [1.807, 2.05) is 6.07 Å². The van der Waals surface area contributed by atoms with Gasteiger partial charge < -0.3 is 29.5 Å². The van der Waals surface area contributed by atoms with Gasteiger partial charge in [-0.3, -0.25) is 9.55 Å². The lowest BCUT2D eigenvalue weighted by Gasteiger charge is -2.30. The van der Waals surface area contributed by atoms with Crippen molar-refractivity contribution in [1.82, 2.24) is 19.9 Å². The lowest BCUT2D eigenvalue weighted by atomic mass is 10.1. The first-order valence-corrected chi connectivity index (χ1v) is 15.6. The summed E-state index contributed by atoms with van der Waals surface area (Å²) in [6.45, 7) is 5.63. The molecule has 14 heteroatoms. The number of nitrogens with one attached hydrogen (secondary N) is 2. The van der Waals surface area contributed by atoms with Gasteiger partial charge in [-0.05, 0) is 34.1 Å². The van der Waals surface area contributed by atoms with Crippen molar-refractivity contribution in [3.05, 3.63) is 52.9 Å². The third kappa shape index (κ3) is 6.09. The number of nitrogens with zero attached hydrogens (tertiary/aromatic N) is 6. The molecule has 206 valence electrons. The van der Waals surface area contributed by atoms with Crippen molar-refractivity contribution in [3.63, 3.8) is 0 Å². The van der Waals surface area contributed by atoms with Crippen LogP contribution in [0.15, 0.2) is 47.3 Å². The highest BCUT2D eigenvalue weighted by Gasteiger charge is 2.21. The molecule has 2 aromatic heterocycles. The molecule has 4 aromatic rings. The minimum absolute atomic E-state index is 0.256. The van der Waals surface area contributed by atoms with Gasteiger partial charge in [-0.1, -0.05) is 0 Å². The normalized spacial score (nSPS) is 13.5. The van der Waals surface area contributed by atoms with E-state index >= 15 is 0 Å². The average Bonchev–Trinajstić information content (AvgIpc) is 2.95. The van der Waals surface area contributed by atoms with Crippen LogP contribution in [-0.4, -0.2) is 66.7 Å².